The van der Waals surface area contributed by atoms with Gasteiger partial charge >= 0.3 is 6.03 Å². The second-order valence-corrected chi connectivity index (χ2v) is 4.33. The smallest absolute Gasteiger partial charge is 0.319 e. The minimum Gasteiger partial charge on any atom is -0.394 e. The molecule has 0 saturated carbocycles. The highest BCUT2D eigenvalue weighted by molar-refractivity contribution is 5.92. The topological polar surface area (TPSA) is 90.5 Å². The number of amides is 3. The van der Waals surface area contributed by atoms with Crippen LogP contribution in [0.2, 0.25) is 0 Å². The fraction of sp³-hybridized carbons (Fsp3) is 0.385. The number of hydrogen-bond acceptors (Lipinski definition) is 3. The number of aryl methyl sites for hydroxylation is 1. The zero-order valence-corrected chi connectivity index (χ0v) is 11.1. The van der Waals surface area contributed by atoms with Crippen molar-refractivity contribution < 1.29 is 14.7 Å². The van der Waals surface area contributed by atoms with Crippen molar-refractivity contribution in [1.29, 1.82) is 0 Å². The SMILES string of the molecule is Cc1cccc(NC(=O)NCC(=O)NC(C)CO)c1. The van der Waals surface area contributed by atoms with E-state index < -0.39 is 6.03 Å². The lowest BCUT2D eigenvalue weighted by Gasteiger charge is -2.12. The zero-order valence-electron chi connectivity index (χ0n) is 11.1. The summed E-state index contributed by atoms with van der Waals surface area (Å²) >= 11 is 0. The summed E-state index contributed by atoms with van der Waals surface area (Å²) in [5.41, 5.74) is 1.70. The summed E-state index contributed by atoms with van der Waals surface area (Å²) in [5.74, 6) is -0.346. The van der Waals surface area contributed by atoms with Crippen molar-refractivity contribution in [2.24, 2.45) is 0 Å². The first-order chi connectivity index (χ1) is 9.01. The Morgan fingerprint density at radius 3 is 2.74 bits per heavy atom. The van der Waals surface area contributed by atoms with Crippen molar-refractivity contribution >= 4 is 17.6 Å². The predicted molar refractivity (Wildman–Crippen MR) is 72.9 cm³/mol. The van der Waals surface area contributed by atoms with E-state index in [1.807, 2.05) is 25.1 Å². The average molecular weight is 265 g/mol. The van der Waals surface area contributed by atoms with Gasteiger partial charge in [-0.3, -0.25) is 4.79 Å². The van der Waals surface area contributed by atoms with E-state index in [9.17, 15) is 9.59 Å². The van der Waals surface area contributed by atoms with Gasteiger partial charge < -0.3 is 21.1 Å². The van der Waals surface area contributed by atoms with Gasteiger partial charge in [-0.05, 0) is 31.5 Å². The van der Waals surface area contributed by atoms with Gasteiger partial charge in [0, 0.05) is 11.7 Å². The maximum atomic E-state index is 11.5. The van der Waals surface area contributed by atoms with Gasteiger partial charge in [0.2, 0.25) is 5.91 Å². The van der Waals surface area contributed by atoms with Crippen molar-refractivity contribution in [3.8, 4) is 0 Å². The Morgan fingerprint density at radius 1 is 1.37 bits per heavy atom. The Bertz CT molecular complexity index is 449. The van der Waals surface area contributed by atoms with Gasteiger partial charge in [0.05, 0.1) is 13.2 Å². The quantitative estimate of drug-likeness (QED) is 0.629. The van der Waals surface area contributed by atoms with E-state index in [1.54, 1.807) is 13.0 Å². The van der Waals surface area contributed by atoms with Crippen LogP contribution in [0.3, 0.4) is 0 Å². The first-order valence-electron chi connectivity index (χ1n) is 6.03. The molecule has 0 spiro atoms. The van der Waals surface area contributed by atoms with E-state index in [0.29, 0.717) is 5.69 Å². The van der Waals surface area contributed by atoms with Crippen molar-refractivity contribution in [1.82, 2.24) is 10.6 Å². The molecule has 0 fully saturated rings. The lowest BCUT2D eigenvalue weighted by Crippen LogP contribution is -2.43. The minimum atomic E-state index is -0.447. The second-order valence-electron chi connectivity index (χ2n) is 4.33. The third-order valence-corrected chi connectivity index (χ3v) is 2.37. The molecule has 6 heteroatoms. The molecule has 0 saturated heterocycles. The van der Waals surface area contributed by atoms with Crippen LogP contribution in [0.4, 0.5) is 10.5 Å². The lowest BCUT2D eigenvalue weighted by atomic mass is 10.2. The zero-order chi connectivity index (χ0) is 14.3. The van der Waals surface area contributed by atoms with E-state index in [-0.39, 0.29) is 25.1 Å². The number of anilines is 1. The monoisotopic (exact) mass is 265 g/mol. The molecule has 19 heavy (non-hydrogen) atoms. The number of aliphatic hydroxyl groups is 1. The molecular formula is C13H19N3O3. The first-order valence-corrected chi connectivity index (χ1v) is 6.03. The first kappa shape index (κ1) is 15.0. The normalized spacial score (nSPS) is 11.5. The summed E-state index contributed by atoms with van der Waals surface area (Å²) in [5, 5.41) is 16.4. The van der Waals surface area contributed by atoms with Gasteiger partial charge in [-0.15, -0.1) is 0 Å². The Kier molecular flexibility index (Phi) is 5.81. The van der Waals surface area contributed by atoms with Gasteiger partial charge in [-0.25, -0.2) is 4.79 Å². The van der Waals surface area contributed by atoms with Crippen LogP contribution in [0.1, 0.15) is 12.5 Å². The Morgan fingerprint density at radius 2 is 2.11 bits per heavy atom. The van der Waals surface area contributed by atoms with Crippen molar-refractivity contribution in [2.45, 2.75) is 19.9 Å². The number of benzene rings is 1. The predicted octanol–water partition coefficient (Wildman–Crippen LogP) is 0.614. The molecule has 0 radical (unpaired) electrons. The highest BCUT2D eigenvalue weighted by Crippen LogP contribution is 2.08. The summed E-state index contributed by atoms with van der Waals surface area (Å²) in [6, 6.07) is 6.58. The highest BCUT2D eigenvalue weighted by atomic mass is 16.3. The van der Waals surface area contributed by atoms with Crippen LogP contribution in [0.25, 0.3) is 0 Å². The number of rotatable bonds is 5. The van der Waals surface area contributed by atoms with Gasteiger partial charge in [-0.1, -0.05) is 12.1 Å². The Labute approximate surface area is 112 Å². The molecule has 0 aliphatic rings. The number of aliphatic hydroxyl groups excluding tert-OH is 1. The molecule has 1 aromatic carbocycles. The van der Waals surface area contributed by atoms with E-state index >= 15 is 0 Å². The van der Waals surface area contributed by atoms with Crippen molar-refractivity contribution in [3.05, 3.63) is 29.8 Å². The lowest BCUT2D eigenvalue weighted by molar-refractivity contribution is -0.120. The number of carbonyl (C=O) groups is 2. The van der Waals surface area contributed by atoms with E-state index in [4.69, 9.17) is 5.11 Å². The molecule has 4 N–H and O–H groups in total. The molecule has 1 unspecified atom stereocenters. The maximum Gasteiger partial charge on any atom is 0.319 e. The number of hydrogen-bond donors (Lipinski definition) is 4. The molecule has 0 aliphatic heterocycles. The molecule has 6 nitrogen and oxygen atoms in total. The molecule has 1 atom stereocenters. The van der Waals surface area contributed by atoms with E-state index in [0.717, 1.165) is 5.56 Å². The summed E-state index contributed by atoms with van der Waals surface area (Å²) in [6.07, 6.45) is 0. The third kappa shape index (κ3) is 5.87. The van der Waals surface area contributed by atoms with Gasteiger partial charge in [0.1, 0.15) is 0 Å². The van der Waals surface area contributed by atoms with Crippen LogP contribution in [0, 0.1) is 6.92 Å². The fourth-order valence-corrected chi connectivity index (χ4v) is 1.43. The van der Waals surface area contributed by atoms with Crippen LogP contribution in [0.15, 0.2) is 24.3 Å². The summed E-state index contributed by atoms with van der Waals surface area (Å²) in [4.78, 5) is 22.9. The molecular weight excluding hydrogens is 246 g/mol. The summed E-state index contributed by atoms with van der Waals surface area (Å²) < 4.78 is 0. The molecule has 0 bridgehead atoms. The molecule has 104 valence electrons. The van der Waals surface area contributed by atoms with Gasteiger partial charge in [0.25, 0.3) is 0 Å². The van der Waals surface area contributed by atoms with E-state index in [2.05, 4.69) is 16.0 Å². The Balaban J connectivity index is 2.34. The molecule has 0 aliphatic carbocycles. The molecule has 3 amide bonds. The van der Waals surface area contributed by atoms with Crippen LogP contribution in [-0.2, 0) is 4.79 Å². The van der Waals surface area contributed by atoms with Crippen LogP contribution < -0.4 is 16.0 Å². The largest absolute Gasteiger partial charge is 0.394 e. The summed E-state index contributed by atoms with van der Waals surface area (Å²) in [7, 11) is 0. The van der Waals surface area contributed by atoms with E-state index in [1.165, 1.54) is 0 Å². The molecule has 1 aromatic rings. The van der Waals surface area contributed by atoms with Crippen LogP contribution in [0.5, 0.6) is 0 Å². The van der Waals surface area contributed by atoms with Crippen LogP contribution in [-0.4, -0.2) is 36.2 Å². The molecule has 1 rings (SSSR count). The highest BCUT2D eigenvalue weighted by Gasteiger charge is 2.08. The number of carbonyl (C=O) groups excluding carboxylic acids is 2. The maximum absolute atomic E-state index is 11.5. The number of nitrogens with one attached hydrogen (secondary N) is 3. The Hall–Kier alpha value is -2.08. The standard InChI is InChI=1S/C13H19N3O3/c1-9-4-3-5-11(6-9)16-13(19)14-7-12(18)15-10(2)8-17/h3-6,10,17H,7-8H2,1-2H3,(H,15,18)(H2,14,16,19). The summed E-state index contributed by atoms with van der Waals surface area (Å²) in [6.45, 7) is 3.32. The molecule has 0 heterocycles. The third-order valence-electron chi connectivity index (χ3n) is 2.37. The second kappa shape index (κ2) is 7.38. The number of urea groups is 1. The van der Waals surface area contributed by atoms with Crippen molar-refractivity contribution in [2.75, 3.05) is 18.5 Å². The molecule has 0 aromatic heterocycles. The van der Waals surface area contributed by atoms with Gasteiger partial charge in [0.15, 0.2) is 0 Å². The average Bonchev–Trinajstić information content (AvgIpc) is 2.36. The fourth-order valence-electron chi connectivity index (χ4n) is 1.43. The van der Waals surface area contributed by atoms with Crippen molar-refractivity contribution in [3.63, 3.8) is 0 Å². The van der Waals surface area contributed by atoms with Gasteiger partial charge in [-0.2, -0.15) is 0 Å². The minimum absolute atomic E-state index is 0.137. The van der Waals surface area contributed by atoms with Crippen LogP contribution >= 0.6 is 0 Å².